The van der Waals surface area contributed by atoms with Crippen LogP contribution in [0.15, 0.2) is 29.9 Å². The minimum Gasteiger partial charge on any atom is -0.543 e. The number of rotatable bonds is 6. The fraction of sp³-hybridized carbons (Fsp3) is 0.667. The highest BCUT2D eigenvalue weighted by Crippen LogP contribution is 2.41. The molecule has 0 bridgehead atoms. The topological polar surface area (TPSA) is 128 Å². The van der Waals surface area contributed by atoms with Crippen molar-refractivity contribution in [3.63, 3.8) is 0 Å². The van der Waals surface area contributed by atoms with Gasteiger partial charge in [-0.2, -0.15) is 5.06 Å². The Labute approximate surface area is 310 Å². The first-order valence-electron chi connectivity index (χ1n) is 18.0. The molecule has 0 aliphatic carbocycles. The molecule has 290 valence electrons. The lowest BCUT2D eigenvalue weighted by atomic mass is 9.99. The number of hydrogen-bond acceptors (Lipinski definition) is 11. The van der Waals surface area contributed by atoms with E-state index >= 15 is 0 Å². The minimum atomic E-state index is -2.60. The molecule has 13 heteroatoms. The Morgan fingerprint density at radius 2 is 1.67 bits per heavy atom. The van der Waals surface area contributed by atoms with Gasteiger partial charge in [0.15, 0.2) is 17.4 Å². The first kappa shape index (κ1) is 41.7. The molecule has 1 aromatic carbocycles. The molecule has 4 rings (SSSR count). The van der Waals surface area contributed by atoms with Crippen LogP contribution in [0.1, 0.15) is 112 Å². The fourth-order valence-electron chi connectivity index (χ4n) is 5.60. The zero-order chi connectivity index (χ0) is 39.0. The van der Waals surface area contributed by atoms with Crippen molar-refractivity contribution in [3.05, 3.63) is 41.0 Å². The highest BCUT2D eigenvalue weighted by molar-refractivity contribution is 6.74. The van der Waals surface area contributed by atoms with Gasteiger partial charge in [0.1, 0.15) is 41.8 Å². The van der Waals surface area contributed by atoms with Gasteiger partial charge in [0.2, 0.25) is 0 Å². The average molecular weight is 746 g/mol. The molecule has 0 radical (unpaired) electrons. The Balaban J connectivity index is 1.90. The summed E-state index contributed by atoms with van der Waals surface area (Å²) in [5.74, 6) is -2.26. The Morgan fingerprint density at radius 3 is 2.27 bits per heavy atom. The third-order valence-electron chi connectivity index (χ3n) is 9.46. The van der Waals surface area contributed by atoms with Gasteiger partial charge in [0, 0.05) is 12.5 Å². The van der Waals surface area contributed by atoms with E-state index in [0.29, 0.717) is 17.6 Å². The molecular weight excluding hydrogens is 687 g/mol. The maximum Gasteiger partial charge on any atom is 0.439 e. The summed E-state index contributed by atoms with van der Waals surface area (Å²) in [4.78, 5) is 47.6. The molecule has 4 atom stereocenters. The Morgan fingerprint density at radius 1 is 1.00 bits per heavy atom. The smallest absolute Gasteiger partial charge is 0.439 e. The largest absolute Gasteiger partial charge is 0.543 e. The quantitative estimate of drug-likeness (QED) is 0.121. The Kier molecular flexibility index (Phi) is 12.3. The van der Waals surface area contributed by atoms with Crippen LogP contribution in [0.2, 0.25) is 18.1 Å². The van der Waals surface area contributed by atoms with Crippen LogP contribution >= 0.6 is 0 Å². The van der Waals surface area contributed by atoms with Crippen LogP contribution < -0.4 is 9.49 Å². The summed E-state index contributed by atoms with van der Waals surface area (Å²) >= 11 is 0. The average Bonchev–Trinajstić information content (AvgIpc) is 3.49. The molecule has 0 N–H and O–H groups in total. The summed E-state index contributed by atoms with van der Waals surface area (Å²) in [7, 11) is -2.60. The summed E-state index contributed by atoms with van der Waals surface area (Å²) in [5, 5.41) is 0.815. The molecule has 3 aliphatic rings. The number of benzene rings is 1. The Bertz CT molecular complexity index is 1570. The number of esters is 1. The summed E-state index contributed by atoms with van der Waals surface area (Å²) < 4.78 is 42.6. The van der Waals surface area contributed by atoms with Gasteiger partial charge in [0.25, 0.3) is 8.32 Å². The van der Waals surface area contributed by atoms with Gasteiger partial charge in [-0.3, -0.25) is 9.63 Å². The third-order valence-corrected chi connectivity index (χ3v) is 13.8. The number of hydrogen-bond donors (Lipinski definition) is 0. The van der Waals surface area contributed by atoms with Gasteiger partial charge in [-0.15, -0.1) is 0 Å². The first-order valence-corrected chi connectivity index (χ1v) is 21.0. The van der Waals surface area contributed by atoms with Crippen molar-refractivity contribution in [3.8, 4) is 5.75 Å². The molecule has 12 nitrogen and oxygen atoms in total. The molecule has 1 amide bonds. The number of carbonyl (C=O) groups excluding carboxylic acids is 3. The van der Waals surface area contributed by atoms with Gasteiger partial charge in [0.05, 0.1) is 18.4 Å². The van der Waals surface area contributed by atoms with E-state index in [1.54, 1.807) is 65.8 Å². The molecule has 1 unspecified atom stereocenters. The van der Waals surface area contributed by atoms with Crippen molar-refractivity contribution in [2.75, 3.05) is 18.3 Å². The molecule has 52 heavy (non-hydrogen) atoms. The fourth-order valence-corrected chi connectivity index (χ4v) is 6.62. The molecule has 0 spiro atoms. The van der Waals surface area contributed by atoms with Gasteiger partial charge < -0.3 is 32.8 Å². The zero-order valence-electron chi connectivity index (χ0n) is 33.5. The lowest BCUT2D eigenvalue weighted by Gasteiger charge is -2.37. The maximum absolute atomic E-state index is 14.3. The molecule has 3 aliphatic heterocycles. The second-order valence-electron chi connectivity index (χ2n) is 17.2. The van der Waals surface area contributed by atoms with E-state index in [1.165, 1.54) is 0 Å². The molecule has 2 fully saturated rings. The number of anilines is 1. The van der Waals surface area contributed by atoms with Crippen LogP contribution in [0.5, 0.6) is 5.75 Å². The van der Waals surface area contributed by atoms with E-state index in [-0.39, 0.29) is 47.5 Å². The van der Waals surface area contributed by atoms with Crippen molar-refractivity contribution in [1.29, 1.82) is 0 Å². The number of hydroxylamine groups is 1. The van der Waals surface area contributed by atoms with Crippen molar-refractivity contribution < 1.29 is 52.1 Å². The molecule has 3 heterocycles. The summed E-state index contributed by atoms with van der Waals surface area (Å²) in [6.07, 6.45) is 2.51. The number of Topliss-reactive ketones (excluding diaryl/α,β-unsaturated/α-hetero) is 1. The van der Waals surface area contributed by atoms with Gasteiger partial charge >= 0.3 is 12.1 Å². The standard InChI is InChI=1S/C39H59NO11Si/c1-24-18-19-29(41)33-30(48-39(11,12)49-33)17-15-16-26-20-27(21-31(32(26)34(42)46-25(24)2)51-52(13,14)37(6,7)8)40(35(43)50-36(3,4)5)45-23-28-22-44-38(9,10)47-28/h15-16,18,20-21,25,28,30,33H,17,19,22-23H2,1-14H3/t25-,28?,30-,33+/m0/s1. The third kappa shape index (κ3) is 10.5. The van der Waals surface area contributed by atoms with Gasteiger partial charge in [-0.25, -0.2) is 9.59 Å². The van der Waals surface area contributed by atoms with Crippen LogP contribution in [0.4, 0.5) is 10.5 Å². The lowest BCUT2D eigenvalue weighted by Crippen LogP contribution is -2.44. The molecule has 0 aromatic heterocycles. The summed E-state index contributed by atoms with van der Waals surface area (Å²) in [6, 6.07) is 3.28. The predicted octanol–water partition coefficient (Wildman–Crippen LogP) is 8.28. The second kappa shape index (κ2) is 15.3. The maximum atomic E-state index is 14.3. The molecular formula is C39H59NO11Si. The number of fused-ring (bicyclic) bond motifs is 2. The van der Waals surface area contributed by atoms with Crippen molar-refractivity contribution in [2.24, 2.45) is 0 Å². The summed E-state index contributed by atoms with van der Waals surface area (Å²) in [5.41, 5.74) is 0.716. The number of amides is 1. The van der Waals surface area contributed by atoms with Crippen molar-refractivity contribution in [1.82, 2.24) is 0 Å². The van der Waals surface area contributed by atoms with E-state index in [4.69, 9.17) is 37.7 Å². The van der Waals surface area contributed by atoms with Gasteiger partial charge in [-0.05, 0) is 104 Å². The first-order chi connectivity index (χ1) is 23.8. The van der Waals surface area contributed by atoms with E-state index in [9.17, 15) is 14.4 Å². The van der Waals surface area contributed by atoms with Crippen molar-refractivity contribution >= 4 is 37.9 Å². The van der Waals surface area contributed by atoms with Crippen LogP contribution in [0.25, 0.3) is 6.08 Å². The minimum absolute atomic E-state index is 0.0244. The van der Waals surface area contributed by atoms with Crippen LogP contribution in [-0.2, 0) is 38.1 Å². The highest BCUT2D eigenvalue weighted by atomic mass is 28.4. The Hall–Kier alpha value is -3.07. The molecule has 1 aromatic rings. The second-order valence-corrected chi connectivity index (χ2v) is 21.9. The van der Waals surface area contributed by atoms with E-state index in [0.717, 1.165) is 5.06 Å². The van der Waals surface area contributed by atoms with Crippen LogP contribution in [0, 0.1) is 0 Å². The normalized spacial score (nSPS) is 25.4. The monoisotopic (exact) mass is 745 g/mol. The van der Waals surface area contributed by atoms with Crippen LogP contribution in [0.3, 0.4) is 0 Å². The van der Waals surface area contributed by atoms with Crippen LogP contribution in [-0.4, -0.2) is 81.0 Å². The number of nitrogens with zero attached hydrogens (tertiary/aromatic N) is 1. The van der Waals surface area contributed by atoms with E-state index in [1.807, 2.05) is 26.8 Å². The van der Waals surface area contributed by atoms with Gasteiger partial charge in [-0.1, -0.05) is 39.0 Å². The van der Waals surface area contributed by atoms with E-state index < -0.39 is 62.0 Å². The SMILES string of the molecule is CC1=CCC(=O)[C@H]2OC(C)(C)O[C@H]2CC=Cc2cc(N(OCC3COC(C)(C)O3)C(=O)OC(C)(C)C)cc(O[Si](C)(C)C(C)(C)C)c2C(=O)O[C@H]1C. The number of cyclic esters (lactones) is 1. The number of ketones is 1. The lowest BCUT2D eigenvalue weighted by molar-refractivity contribution is -0.154. The number of allylic oxidation sites excluding steroid dienone is 1. The number of carbonyl (C=O) groups is 3. The predicted molar refractivity (Wildman–Crippen MR) is 200 cm³/mol. The summed E-state index contributed by atoms with van der Waals surface area (Å²) in [6.45, 7) is 26.7. The molecule has 2 saturated heterocycles. The van der Waals surface area contributed by atoms with Crippen molar-refractivity contribution in [2.45, 2.75) is 156 Å². The highest BCUT2D eigenvalue weighted by Gasteiger charge is 2.44. The molecule has 0 saturated carbocycles. The van der Waals surface area contributed by atoms with E-state index in [2.05, 4.69) is 33.9 Å². The number of ether oxygens (including phenoxy) is 6. The zero-order valence-corrected chi connectivity index (χ0v) is 34.5.